The van der Waals surface area contributed by atoms with Crippen molar-refractivity contribution >= 4 is 19.8 Å². The van der Waals surface area contributed by atoms with Crippen LogP contribution in [0.2, 0.25) is 0 Å². The number of rotatable bonds is 60. The Labute approximate surface area is 482 Å². The van der Waals surface area contributed by atoms with Gasteiger partial charge in [-0.1, -0.05) is 273 Å². The average molecular weight is 1110 g/mol. The number of likely N-dealkylation sites (N-methyl/N-ethyl adjacent to an activating group) is 1. The molecule has 0 aromatic carbocycles. The molecule has 0 aliphatic rings. The Morgan fingerprint density at radius 1 is 0.410 bits per heavy atom. The first-order valence-electron chi connectivity index (χ1n) is 32.6. The van der Waals surface area contributed by atoms with Gasteiger partial charge in [0.1, 0.15) is 19.8 Å². The largest absolute Gasteiger partial charge is 0.756 e. The molecule has 0 saturated heterocycles. The first-order chi connectivity index (χ1) is 38.0. The minimum Gasteiger partial charge on any atom is -0.756 e. The fourth-order valence-corrected chi connectivity index (χ4v) is 9.94. The number of nitrogens with zero attached hydrogens (tertiary/aromatic N) is 1. The Morgan fingerprint density at radius 3 is 1.10 bits per heavy atom. The number of hydrogen-bond acceptors (Lipinski definition) is 8. The van der Waals surface area contributed by atoms with Crippen LogP contribution >= 0.6 is 7.82 Å². The van der Waals surface area contributed by atoms with E-state index in [2.05, 4.69) is 86.8 Å². The fourth-order valence-electron chi connectivity index (χ4n) is 9.21. The zero-order chi connectivity index (χ0) is 57.0. The van der Waals surface area contributed by atoms with Gasteiger partial charge in [-0.3, -0.25) is 14.2 Å². The standard InChI is InChI=1S/C68H124NO8P/c1-6-8-10-12-14-16-18-20-22-24-26-28-29-30-31-32-33-34-35-36-37-38-39-41-42-44-46-48-50-52-54-56-58-60-67(70)74-64-66(65-76-78(72,73)75-63-62-69(3,4)5)77-68(71)61-59-57-55-53-51-49-47-45-43-40-27-25-23-21-19-17-15-13-11-9-7-2/h9,11,15,17,21,23-24,26-27,40,45,47,66H,6-8,10,12-14,16,18-20,22,25,28-39,41-44,46,48-65H2,1-5H3/b11-9-,17-15-,23-21-,26-24-,40-27-,47-45-. The SMILES string of the molecule is CC/C=C\C/C=C\C/C=C\C/C=C\C/C=C\CCCCCCCC(=O)OC(COC(=O)CCCCCCCCCCCCCCCCCCCCCCC/C=C\CCCCCCCCCC)COP(=O)([O-])OCC[N+](C)(C)C. The number of quaternary nitrogens is 1. The van der Waals surface area contributed by atoms with Crippen LogP contribution in [0.25, 0.3) is 0 Å². The number of ether oxygens (including phenoxy) is 2. The maximum Gasteiger partial charge on any atom is 0.306 e. The van der Waals surface area contributed by atoms with E-state index in [1.165, 1.54) is 180 Å². The molecule has 78 heavy (non-hydrogen) atoms. The summed E-state index contributed by atoms with van der Waals surface area (Å²) < 4.78 is 34.2. The van der Waals surface area contributed by atoms with E-state index in [0.29, 0.717) is 17.4 Å². The Morgan fingerprint density at radius 2 is 0.731 bits per heavy atom. The number of allylic oxidation sites excluding steroid dienone is 12. The summed E-state index contributed by atoms with van der Waals surface area (Å²) in [6.07, 6.45) is 78.4. The smallest absolute Gasteiger partial charge is 0.306 e. The number of carbonyl (C=O) groups excluding carboxylic acids is 2. The van der Waals surface area contributed by atoms with E-state index in [1.54, 1.807) is 0 Å². The molecule has 0 bridgehead atoms. The Balaban J connectivity index is 4.04. The summed E-state index contributed by atoms with van der Waals surface area (Å²) >= 11 is 0. The molecule has 0 saturated carbocycles. The van der Waals surface area contributed by atoms with E-state index in [-0.39, 0.29) is 32.0 Å². The number of phosphoric acid groups is 1. The second-order valence-corrected chi connectivity index (χ2v) is 24.5. The van der Waals surface area contributed by atoms with Crippen LogP contribution < -0.4 is 4.89 Å². The van der Waals surface area contributed by atoms with Crippen molar-refractivity contribution in [3.8, 4) is 0 Å². The van der Waals surface area contributed by atoms with Crippen LogP contribution in [0.3, 0.4) is 0 Å². The monoisotopic (exact) mass is 1110 g/mol. The van der Waals surface area contributed by atoms with E-state index in [4.69, 9.17) is 18.5 Å². The quantitative estimate of drug-likeness (QED) is 0.0195. The molecule has 0 aliphatic heterocycles. The van der Waals surface area contributed by atoms with Gasteiger partial charge in [0.2, 0.25) is 0 Å². The second kappa shape index (κ2) is 59.1. The highest BCUT2D eigenvalue weighted by molar-refractivity contribution is 7.45. The summed E-state index contributed by atoms with van der Waals surface area (Å²) in [4.78, 5) is 38.0. The highest BCUT2D eigenvalue weighted by Crippen LogP contribution is 2.38. The average Bonchev–Trinajstić information content (AvgIpc) is 3.41. The number of carbonyl (C=O) groups is 2. The highest BCUT2D eigenvalue weighted by Gasteiger charge is 2.22. The van der Waals surface area contributed by atoms with E-state index >= 15 is 0 Å². The van der Waals surface area contributed by atoms with Crippen LogP contribution in [0, 0.1) is 0 Å². The molecule has 2 atom stereocenters. The summed E-state index contributed by atoms with van der Waals surface area (Å²) in [7, 11) is 1.15. The molecular formula is C68H124NO8P. The molecule has 454 valence electrons. The van der Waals surface area contributed by atoms with Crippen molar-refractivity contribution in [1.82, 2.24) is 0 Å². The highest BCUT2D eigenvalue weighted by atomic mass is 31.2. The maximum atomic E-state index is 12.8. The van der Waals surface area contributed by atoms with Gasteiger partial charge in [-0.2, -0.15) is 0 Å². The van der Waals surface area contributed by atoms with Gasteiger partial charge in [-0.15, -0.1) is 0 Å². The third kappa shape index (κ3) is 62.6. The molecule has 0 rings (SSSR count). The van der Waals surface area contributed by atoms with Gasteiger partial charge >= 0.3 is 11.9 Å². The fraction of sp³-hybridized carbons (Fsp3) is 0.794. The van der Waals surface area contributed by atoms with E-state index in [9.17, 15) is 19.0 Å². The summed E-state index contributed by atoms with van der Waals surface area (Å²) in [6.45, 7) is 4.13. The lowest BCUT2D eigenvalue weighted by Gasteiger charge is -2.28. The molecular weight excluding hydrogens is 990 g/mol. The van der Waals surface area contributed by atoms with Crippen molar-refractivity contribution in [3.05, 3.63) is 72.9 Å². The Kier molecular flexibility index (Phi) is 57.2. The number of unbranched alkanes of at least 4 members (excludes halogenated alkanes) is 34. The summed E-state index contributed by atoms with van der Waals surface area (Å²) in [6, 6.07) is 0. The van der Waals surface area contributed by atoms with E-state index in [0.717, 1.165) is 83.5 Å². The minimum absolute atomic E-state index is 0.0368. The lowest BCUT2D eigenvalue weighted by Crippen LogP contribution is -2.37. The van der Waals surface area contributed by atoms with Gasteiger partial charge in [0, 0.05) is 12.8 Å². The lowest BCUT2D eigenvalue weighted by molar-refractivity contribution is -0.870. The van der Waals surface area contributed by atoms with Gasteiger partial charge in [0.05, 0.1) is 27.7 Å². The predicted octanol–water partition coefficient (Wildman–Crippen LogP) is 20.2. The molecule has 9 nitrogen and oxygen atoms in total. The van der Waals surface area contributed by atoms with Gasteiger partial charge in [0.25, 0.3) is 7.82 Å². The molecule has 0 amide bonds. The van der Waals surface area contributed by atoms with Crippen molar-refractivity contribution in [2.45, 2.75) is 302 Å². The molecule has 0 aliphatic carbocycles. The van der Waals surface area contributed by atoms with Crippen molar-refractivity contribution in [2.24, 2.45) is 0 Å². The maximum absolute atomic E-state index is 12.8. The van der Waals surface area contributed by atoms with Crippen LogP contribution in [0.15, 0.2) is 72.9 Å². The molecule has 0 heterocycles. The van der Waals surface area contributed by atoms with Crippen LogP contribution in [0.5, 0.6) is 0 Å². The predicted molar refractivity (Wildman–Crippen MR) is 333 cm³/mol. The molecule has 10 heteroatoms. The first kappa shape index (κ1) is 75.5. The molecule has 0 aromatic rings. The normalized spacial score (nSPS) is 13.7. The number of hydrogen-bond donors (Lipinski definition) is 0. The second-order valence-electron chi connectivity index (χ2n) is 23.1. The molecule has 0 spiro atoms. The van der Waals surface area contributed by atoms with Crippen molar-refractivity contribution in [1.29, 1.82) is 0 Å². The summed E-state index contributed by atoms with van der Waals surface area (Å²) in [5, 5.41) is 0. The Hall–Kier alpha value is -2.55. The van der Waals surface area contributed by atoms with Crippen molar-refractivity contribution < 1.29 is 42.1 Å². The topological polar surface area (TPSA) is 111 Å². The number of phosphoric ester groups is 1. The third-order valence-electron chi connectivity index (χ3n) is 14.2. The summed E-state index contributed by atoms with van der Waals surface area (Å²) in [5.41, 5.74) is 0. The lowest BCUT2D eigenvalue weighted by atomic mass is 10.0. The minimum atomic E-state index is -4.65. The van der Waals surface area contributed by atoms with Crippen LogP contribution in [-0.2, 0) is 32.7 Å². The Bertz CT molecular complexity index is 1550. The van der Waals surface area contributed by atoms with Crippen LogP contribution in [0.1, 0.15) is 296 Å². The molecule has 0 aromatic heterocycles. The van der Waals surface area contributed by atoms with Crippen molar-refractivity contribution in [2.75, 3.05) is 47.5 Å². The third-order valence-corrected chi connectivity index (χ3v) is 15.2. The van der Waals surface area contributed by atoms with Gasteiger partial charge in [0.15, 0.2) is 6.10 Å². The van der Waals surface area contributed by atoms with E-state index < -0.39 is 26.5 Å². The molecule has 2 unspecified atom stereocenters. The van der Waals surface area contributed by atoms with E-state index in [1.807, 2.05) is 21.1 Å². The van der Waals surface area contributed by atoms with Crippen molar-refractivity contribution in [3.63, 3.8) is 0 Å². The van der Waals surface area contributed by atoms with Gasteiger partial charge < -0.3 is 27.9 Å². The number of esters is 2. The zero-order valence-corrected chi connectivity index (χ0v) is 52.5. The first-order valence-corrected chi connectivity index (χ1v) is 34.1. The zero-order valence-electron chi connectivity index (χ0n) is 51.6. The molecule has 0 radical (unpaired) electrons. The van der Waals surface area contributed by atoms with Crippen LogP contribution in [0.4, 0.5) is 0 Å². The molecule has 0 fully saturated rings. The molecule has 0 N–H and O–H groups in total. The van der Waals surface area contributed by atoms with Gasteiger partial charge in [-0.25, -0.2) is 0 Å². The van der Waals surface area contributed by atoms with Gasteiger partial charge in [-0.05, 0) is 83.5 Å². The van der Waals surface area contributed by atoms with Crippen LogP contribution in [-0.4, -0.2) is 70.0 Å². The summed E-state index contributed by atoms with van der Waals surface area (Å²) in [5.74, 6) is -0.848.